The molecule has 3 heterocycles. The van der Waals surface area contributed by atoms with Crippen LogP contribution < -0.4 is 25.8 Å². The van der Waals surface area contributed by atoms with Crippen molar-refractivity contribution >= 4 is 35.3 Å². The maximum atomic E-state index is 14.3. The van der Waals surface area contributed by atoms with Crippen molar-refractivity contribution in [1.82, 2.24) is 10.3 Å². The Bertz CT molecular complexity index is 1770. The number of amides is 2. The molecule has 4 N–H and O–H groups in total. The lowest BCUT2D eigenvalue weighted by molar-refractivity contribution is -0.109. The zero-order valence-electron chi connectivity index (χ0n) is 30.1. The number of ether oxygens (including phenoxy) is 3. The molecule has 2 aromatic carbocycles. The Labute approximate surface area is 305 Å². The Morgan fingerprint density at radius 1 is 0.980 bits per heavy atom. The molecule has 272 valence electrons. The number of nitrogens with zero attached hydrogens (tertiary/aromatic N) is 1. The van der Waals surface area contributed by atoms with Gasteiger partial charge in [0, 0.05) is 52.3 Å². The van der Waals surface area contributed by atoms with E-state index in [0.717, 1.165) is 48.2 Å². The zero-order valence-corrected chi connectivity index (χ0v) is 31.0. The first-order valence-electron chi connectivity index (χ1n) is 17.7. The quantitative estimate of drug-likeness (QED) is 0.0601. The fourth-order valence-corrected chi connectivity index (χ4v) is 6.70. The number of benzene rings is 2. The Balaban J connectivity index is 0.000000894. The second kappa shape index (κ2) is 20.2. The van der Waals surface area contributed by atoms with Crippen molar-refractivity contribution in [2.75, 3.05) is 32.2 Å². The van der Waals surface area contributed by atoms with Crippen LogP contribution in [-0.2, 0) is 22.5 Å². The number of esters is 1. The van der Waals surface area contributed by atoms with Crippen LogP contribution in [0.2, 0.25) is 0 Å². The van der Waals surface area contributed by atoms with Crippen LogP contribution in [0.1, 0.15) is 96.5 Å². The Morgan fingerprint density at radius 2 is 1.78 bits per heavy atom. The minimum absolute atomic E-state index is 0.132. The summed E-state index contributed by atoms with van der Waals surface area (Å²) in [6, 6.07) is 15.0. The first kappa shape index (κ1) is 39.1. The van der Waals surface area contributed by atoms with Crippen molar-refractivity contribution in [3.63, 3.8) is 0 Å². The number of carbonyl (C=O) groups is 3. The van der Waals surface area contributed by atoms with E-state index in [2.05, 4.69) is 34.0 Å². The topological polar surface area (TPSA) is 142 Å². The Morgan fingerprint density at radius 3 is 2.51 bits per heavy atom. The fourth-order valence-electron chi connectivity index (χ4n) is 5.73. The second-order valence-corrected chi connectivity index (χ2v) is 13.2. The first-order chi connectivity index (χ1) is 24.8. The summed E-state index contributed by atoms with van der Waals surface area (Å²) in [7, 11) is 1.32. The lowest BCUT2D eigenvalue weighted by Crippen LogP contribution is -2.16. The molecule has 4 aromatic rings. The maximum Gasteiger partial charge on any atom is 0.357 e. The van der Waals surface area contributed by atoms with E-state index < -0.39 is 5.97 Å². The number of aromatic nitrogens is 1. The number of hydrogen-bond donors (Lipinski definition) is 3. The second-order valence-electron chi connectivity index (χ2n) is 12.3. The third-order valence-corrected chi connectivity index (χ3v) is 9.44. The average Bonchev–Trinajstić information content (AvgIpc) is 3.55. The van der Waals surface area contributed by atoms with E-state index in [1.807, 2.05) is 43.3 Å². The summed E-state index contributed by atoms with van der Waals surface area (Å²) in [5.41, 5.74) is 11.6. The summed E-state index contributed by atoms with van der Waals surface area (Å²) in [5.74, 6) is 0.289. The van der Waals surface area contributed by atoms with Gasteiger partial charge >= 0.3 is 5.97 Å². The van der Waals surface area contributed by atoms with Crippen molar-refractivity contribution in [1.29, 1.82) is 0 Å². The van der Waals surface area contributed by atoms with E-state index in [-0.39, 0.29) is 11.6 Å². The Hall–Kier alpha value is -4.74. The SMILES string of the molecule is CCCCCCCCOc1cc(CN)ccc1NC(=O)c1cc2c(cc1-c1ccc(C)nc1C(=O)OC)OCCc1ccsc1-2.CCCNC=O. The third kappa shape index (κ3) is 10.6. The van der Waals surface area contributed by atoms with Crippen LogP contribution in [0, 0.1) is 6.92 Å². The van der Waals surface area contributed by atoms with Crippen LogP contribution in [0.15, 0.2) is 53.9 Å². The summed E-state index contributed by atoms with van der Waals surface area (Å²) < 4.78 is 17.5. The zero-order chi connectivity index (χ0) is 36.6. The number of nitrogens with one attached hydrogen (secondary N) is 2. The van der Waals surface area contributed by atoms with Crippen LogP contribution in [-0.4, -0.2) is 50.1 Å². The number of pyridine rings is 1. The molecular formula is C40H50N4O6S. The lowest BCUT2D eigenvalue weighted by atomic mass is 9.93. The summed E-state index contributed by atoms with van der Waals surface area (Å²) in [4.78, 5) is 42.1. The number of methoxy groups -OCH3 is 1. The van der Waals surface area contributed by atoms with Crippen LogP contribution in [0.25, 0.3) is 21.6 Å². The van der Waals surface area contributed by atoms with Gasteiger partial charge in [0.1, 0.15) is 11.5 Å². The van der Waals surface area contributed by atoms with Gasteiger partial charge in [0.25, 0.3) is 5.91 Å². The van der Waals surface area contributed by atoms with Gasteiger partial charge in [-0.05, 0) is 72.7 Å². The molecule has 0 atom stereocenters. The van der Waals surface area contributed by atoms with Crippen molar-refractivity contribution in [3.8, 4) is 33.1 Å². The van der Waals surface area contributed by atoms with Crippen molar-refractivity contribution in [3.05, 3.63) is 82.0 Å². The number of hydrogen-bond acceptors (Lipinski definition) is 9. The molecule has 11 heteroatoms. The predicted octanol–water partition coefficient (Wildman–Crippen LogP) is 8.10. The molecule has 0 saturated heterocycles. The van der Waals surface area contributed by atoms with Crippen molar-refractivity contribution in [2.45, 2.75) is 78.7 Å². The normalized spacial score (nSPS) is 11.5. The summed E-state index contributed by atoms with van der Waals surface area (Å²) in [6.45, 7) is 8.23. The van der Waals surface area contributed by atoms with E-state index in [0.29, 0.717) is 65.7 Å². The minimum atomic E-state index is -0.584. The fraction of sp³-hybridized carbons (Fsp3) is 0.400. The van der Waals surface area contributed by atoms with Gasteiger partial charge in [-0.3, -0.25) is 9.59 Å². The number of anilines is 1. The van der Waals surface area contributed by atoms with Crippen molar-refractivity contribution < 1.29 is 28.6 Å². The molecule has 0 radical (unpaired) electrons. The number of carbonyl (C=O) groups excluding carboxylic acids is 3. The van der Waals surface area contributed by atoms with E-state index in [1.54, 1.807) is 24.3 Å². The minimum Gasteiger partial charge on any atom is -0.493 e. The van der Waals surface area contributed by atoms with Crippen LogP contribution in [0.5, 0.6) is 11.5 Å². The van der Waals surface area contributed by atoms with Gasteiger partial charge in [-0.2, -0.15) is 0 Å². The highest BCUT2D eigenvalue weighted by Crippen LogP contribution is 2.43. The van der Waals surface area contributed by atoms with Gasteiger partial charge in [-0.15, -0.1) is 11.3 Å². The largest absolute Gasteiger partial charge is 0.493 e. The van der Waals surface area contributed by atoms with Gasteiger partial charge in [-0.25, -0.2) is 9.78 Å². The summed E-state index contributed by atoms with van der Waals surface area (Å²) in [5, 5.41) is 7.66. The molecule has 0 unspecified atom stereocenters. The van der Waals surface area contributed by atoms with Crippen molar-refractivity contribution in [2.24, 2.45) is 5.73 Å². The summed E-state index contributed by atoms with van der Waals surface area (Å²) >= 11 is 1.61. The summed E-state index contributed by atoms with van der Waals surface area (Å²) in [6.07, 6.45) is 9.38. The Kier molecular flexibility index (Phi) is 15.5. The number of rotatable bonds is 16. The van der Waals surface area contributed by atoms with Crippen LogP contribution >= 0.6 is 11.3 Å². The van der Waals surface area contributed by atoms with E-state index >= 15 is 0 Å². The monoisotopic (exact) mass is 714 g/mol. The van der Waals surface area contributed by atoms with E-state index in [9.17, 15) is 14.4 Å². The standard InChI is InChI=1S/C36H41N3O5S.C4H9NO/c1-4-5-6-7-8-9-16-43-32-19-24(22-37)11-13-30(32)39-35(40)28-20-29-31(44-17-14-25-15-18-45-34(25)29)21-27(28)26-12-10-23(2)38-33(26)36(41)42-3;1-2-3-5-4-6/h10-13,15,18-21H,4-9,14,16-17,22,37H2,1-3H3,(H,39,40);4H,2-3H2,1H3,(H,5,6). The number of aryl methyl sites for hydroxylation is 1. The molecule has 0 saturated carbocycles. The number of nitrogens with two attached hydrogens (primary N) is 1. The molecular weight excluding hydrogens is 665 g/mol. The van der Waals surface area contributed by atoms with Gasteiger partial charge in [0.05, 0.1) is 26.0 Å². The highest BCUT2D eigenvalue weighted by Gasteiger charge is 2.26. The van der Waals surface area contributed by atoms with Crippen LogP contribution in [0.3, 0.4) is 0 Å². The average molecular weight is 715 g/mol. The highest BCUT2D eigenvalue weighted by atomic mass is 32.1. The predicted molar refractivity (Wildman–Crippen MR) is 204 cm³/mol. The molecule has 51 heavy (non-hydrogen) atoms. The third-order valence-electron chi connectivity index (χ3n) is 8.45. The van der Waals surface area contributed by atoms with Gasteiger partial charge in [0.15, 0.2) is 5.69 Å². The molecule has 1 aliphatic rings. The first-order valence-corrected chi connectivity index (χ1v) is 18.6. The molecule has 1 aliphatic heterocycles. The number of fused-ring (bicyclic) bond motifs is 3. The smallest absolute Gasteiger partial charge is 0.357 e. The molecule has 0 aliphatic carbocycles. The lowest BCUT2D eigenvalue weighted by Gasteiger charge is -2.18. The van der Waals surface area contributed by atoms with E-state index in [4.69, 9.17) is 19.9 Å². The molecule has 5 rings (SSSR count). The van der Waals surface area contributed by atoms with Gasteiger partial charge in [-0.1, -0.05) is 58.1 Å². The molecule has 0 bridgehead atoms. The molecule has 10 nitrogen and oxygen atoms in total. The molecule has 0 spiro atoms. The maximum absolute atomic E-state index is 14.3. The number of thiophene rings is 1. The highest BCUT2D eigenvalue weighted by molar-refractivity contribution is 7.13. The number of unbranched alkanes of at least 4 members (excludes halogenated alkanes) is 5. The molecule has 2 amide bonds. The van der Waals surface area contributed by atoms with Gasteiger partial charge in [0.2, 0.25) is 6.41 Å². The van der Waals surface area contributed by atoms with E-state index in [1.165, 1.54) is 38.4 Å². The molecule has 0 fully saturated rings. The molecule has 2 aromatic heterocycles. The van der Waals surface area contributed by atoms with Gasteiger partial charge < -0.3 is 30.6 Å². The van der Waals surface area contributed by atoms with Crippen LogP contribution in [0.4, 0.5) is 5.69 Å².